The van der Waals surface area contributed by atoms with Crippen LogP contribution in [0.15, 0.2) is 41.7 Å². The minimum absolute atomic E-state index is 0.0941. The molecule has 0 spiro atoms. The van der Waals surface area contributed by atoms with Crippen LogP contribution in [-0.2, 0) is 9.53 Å². The summed E-state index contributed by atoms with van der Waals surface area (Å²) >= 11 is 7.93. The Morgan fingerprint density at radius 1 is 1.48 bits per heavy atom. The second-order valence-corrected chi connectivity index (χ2v) is 7.15. The number of hydrogen-bond acceptors (Lipinski definition) is 5. The van der Waals surface area contributed by atoms with Crippen LogP contribution in [0.5, 0.6) is 0 Å². The van der Waals surface area contributed by atoms with Gasteiger partial charge < -0.3 is 10.1 Å². The Morgan fingerprint density at radius 2 is 2.36 bits per heavy atom. The first kappa shape index (κ1) is 18.2. The zero-order valence-corrected chi connectivity index (χ0v) is 15.5. The lowest BCUT2D eigenvalue weighted by Gasteiger charge is -2.21. The van der Waals surface area contributed by atoms with Gasteiger partial charge in [-0.2, -0.15) is 0 Å². The van der Waals surface area contributed by atoms with Crippen LogP contribution in [0.3, 0.4) is 0 Å². The number of anilines is 1. The topological polar surface area (TPSA) is 64.1 Å². The van der Waals surface area contributed by atoms with Gasteiger partial charge in [-0.25, -0.2) is 4.98 Å². The Morgan fingerprint density at radius 3 is 3.00 bits per heavy atom. The number of hydrogen-bond donors (Lipinski definition) is 1. The number of carbonyl (C=O) groups is 1. The van der Waals surface area contributed by atoms with Crippen molar-refractivity contribution in [3.05, 3.63) is 47.4 Å². The van der Waals surface area contributed by atoms with Gasteiger partial charge in [-0.15, -0.1) is 11.8 Å². The Labute approximate surface area is 156 Å². The molecule has 7 heteroatoms. The van der Waals surface area contributed by atoms with Crippen LogP contribution in [-0.4, -0.2) is 34.8 Å². The van der Waals surface area contributed by atoms with E-state index in [0.29, 0.717) is 17.3 Å². The maximum atomic E-state index is 12.9. The van der Waals surface area contributed by atoms with Crippen molar-refractivity contribution < 1.29 is 9.53 Å². The van der Waals surface area contributed by atoms with Crippen LogP contribution in [0.4, 0.5) is 5.82 Å². The standard InChI is InChI=1S/C18H20ClN3O2S/c1-25-16-5-4-12(9-15(16)19)14(10-13-3-2-8-24-13)18(23)22-17-11-20-6-7-21-17/h4-7,9,11,13-14H,2-3,8,10H2,1H3,(H,21,22,23)/t13?,14-/m1/s1. The molecule has 1 N–H and O–H groups in total. The van der Waals surface area contributed by atoms with E-state index in [2.05, 4.69) is 15.3 Å². The summed E-state index contributed by atoms with van der Waals surface area (Å²) < 4.78 is 5.74. The van der Waals surface area contributed by atoms with E-state index in [1.807, 2.05) is 24.5 Å². The minimum Gasteiger partial charge on any atom is -0.378 e. The van der Waals surface area contributed by atoms with Gasteiger partial charge in [0, 0.05) is 23.9 Å². The smallest absolute Gasteiger partial charge is 0.233 e. The number of halogens is 1. The predicted molar refractivity (Wildman–Crippen MR) is 100 cm³/mol. The molecule has 5 nitrogen and oxygen atoms in total. The fourth-order valence-electron chi connectivity index (χ4n) is 2.96. The maximum absolute atomic E-state index is 12.9. The van der Waals surface area contributed by atoms with Crippen molar-refractivity contribution in [2.75, 3.05) is 18.2 Å². The molecule has 2 aromatic rings. The molecule has 0 saturated carbocycles. The lowest BCUT2D eigenvalue weighted by Crippen LogP contribution is -2.25. The molecule has 1 aromatic carbocycles. The van der Waals surface area contributed by atoms with Gasteiger partial charge in [-0.1, -0.05) is 17.7 Å². The van der Waals surface area contributed by atoms with E-state index in [9.17, 15) is 4.79 Å². The molecule has 0 aliphatic carbocycles. The van der Waals surface area contributed by atoms with Crippen molar-refractivity contribution >= 4 is 35.1 Å². The molecule has 1 aromatic heterocycles. The molecular weight excluding hydrogens is 358 g/mol. The van der Waals surface area contributed by atoms with E-state index in [0.717, 1.165) is 29.9 Å². The molecule has 1 saturated heterocycles. The number of ether oxygens (including phenoxy) is 1. The molecule has 0 radical (unpaired) electrons. The quantitative estimate of drug-likeness (QED) is 0.766. The maximum Gasteiger partial charge on any atom is 0.233 e. The van der Waals surface area contributed by atoms with E-state index < -0.39 is 0 Å². The molecule has 2 heterocycles. The highest BCUT2D eigenvalue weighted by Crippen LogP contribution is 2.33. The van der Waals surface area contributed by atoms with Gasteiger partial charge in [-0.05, 0) is 43.2 Å². The van der Waals surface area contributed by atoms with Crippen molar-refractivity contribution in [2.24, 2.45) is 0 Å². The van der Waals surface area contributed by atoms with E-state index in [1.165, 1.54) is 6.20 Å². The van der Waals surface area contributed by atoms with Gasteiger partial charge in [-0.3, -0.25) is 9.78 Å². The van der Waals surface area contributed by atoms with Gasteiger partial charge >= 0.3 is 0 Å². The molecule has 3 rings (SSSR count). The number of benzene rings is 1. The molecule has 1 aliphatic heterocycles. The van der Waals surface area contributed by atoms with Gasteiger partial charge in [0.25, 0.3) is 0 Å². The first-order valence-electron chi connectivity index (χ1n) is 8.19. The van der Waals surface area contributed by atoms with Crippen molar-refractivity contribution in [1.29, 1.82) is 0 Å². The number of aromatic nitrogens is 2. The number of nitrogens with zero attached hydrogens (tertiary/aromatic N) is 2. The van der Waals surface area contributed by atoms with Gasteiger partial charge in [0.2, 0.25) is 5.91 Å². The van der Waals surface area contributed by atoms with Crippen molar-refractivity contribution in [2.45, 2.75) is 36.2 Å². The summed E-state index contributed by atoms with van der Waals surface area (Å²) in [6, 6.07) is 5.80. The zero-order chi connectivity index (χ0) is 17.6. The second kappa shape index (κ2) is 8.65. The van der Waals surface area contributed by atoms with Gasteiger partial charge in [0.1, 0.15) is 0 Å². The molecule has 2 atom stereocenters. The molecule has 1 aliphatic rings. The lowest BCUT2D eigenvalue weighted by molar-refractivity contribution is -0.118. The minimum atomic E-state index is -0.349. The summed E-state index contributed by atoms with van der Waals surface area (Å²) in [6.45, 7) is 0.759. The summed E-state index contributed by atoms with van der Waals surface area (Å²) in [4.78, 5) is 22.0. The molecule has 0 bridgehead atoms. The van der Waals surface area contributed by atoms with E-state index >= 15 is 0 Å². The molecule has 1 amide bonds. The number of nitrogens with one attached hydrogen (secondary N) is 1. The number of thioether (sulfide) groups is 1. The Kier molecular flexibility index (Phi) is 6.29. The van der Waals surface area contributed by atoms with Gasteiger partial charge in [0.15, 0.2) is 5.82 Å². The van der Waals surface area contributed by atoms with Crippen molar-refractivity contribution in [3.8, 4) is 0 Å². The predicted octanol–water partition coefficient (Wildman–Crippen LogP) is 4.14. The van der Waals surface area contributed by atoms with E-state index in [1.54, 1.807) is 24.2 Å². The summed E-state index contributed by atoms with van der Waals surface area (Å²) in [7, 11) is 0. The highest BCUT2D eigenvalue weighted by molar-refractivity contribution is 7.98. The lowest BCUT2D eigenvalue weighted by atomic mass is 9.91. The SMILES string of the molecule is CSc1ccc([C@@H](CC2CCCO2)C(=O)Nc2cnccn2)cc1Cl. The van der Waals surface area contributed by atoms with Crippen LogP contribution in [0.1, 0.15) is 30.7 Å². The highest BCUT2D eigenvalue weighted by Gasteiger charge is 2.28. The fraction of sp³-hybridized carbons (Fsp3) is 0.389. The molecule has 1 unspecified atom stereocenters. The Balaban J connectivity index is 1.83. The second-order valence-electron chi connectivity index (χ2n) is 5.90. The third kappa shape index (κ3) is 4.71. The molecule has 132 valence electrons. The Hall–Kier alpha value is -1.63. The van der Waals surface area contributed by atoms with E-state index in [4.69, 9.17) is 16.3 Å². The monoisotopic (exact) mass is 377 g/mol. The van der Waals surface area contributed by atoms with Crippen molar-refractivity contribution in [1.82, 2.24) is 9.97 Å². The number of rotatable bonds is 6. The fourth-order valence-corrected chi connectivity index (χ4v) is 3.84. The van der Waals surface area contributed by atoms with Crippen LogP contribution in [0.2, 0.25) is 5.02 Å². The van der Waals surface area contributed by atoms with E-state index in [-0.39, 0.29) is 17.9 Å². The third-order valence-corrected chi connectivity index (χ3v) is 5.45. The molecular formula is C18H20ClN3O2S. The number of carbonyl (C=O) groups excluding carboxylic acids is 1. The third-order valence-electron chi connectivity index (χ3n) is 4.23. The summed E-state index contributed by atoms with van der Waals surface area (Å²) in [5, 5.41) is 3.51. The van der Waals surface area contributed by atoms with Crippen LogP contribution in [0, 0.1) is 0 Å². The van der Waals surface area contributed by atoms with Crippen LogP contribution in [0.25, 0.3) is 0 Å². The zero-order valence-electron chi connectivity index (χ0n) is 13.9. The first-order chi connectivity index (χ1) is 12.2. The van der Waals surface area contributed by atoms with Crippen LogP contribution < -0.4 is 5.32 Å². The summed E-state index contributed by atoms with van der Waals surface area (Å²) in [5.41, 5.74) is 0.889. The Bertz CT molecular complexity index is 724. The average Bonchev–Trinajstić information content (AvgIpc) is 3.13. The largest absolute Gasteiger partial charge is 0.378 e. The average molecular weight is 378 g/mol. The summed E-state index contributed by atoms with van der Waals surface area (Å²) in [6.07, 6.45) is 9.37. The molecule has 1 fully saturated rings. The molecule has 25 heavy (non-hydrogen) atoms. The number of amides is 1. The van der Waals surface area contributed by atoms with Gasteiger partial charge in [0.05, 0.1) is 23.2 Å². The normalized spacial score (nSPS) is 18.1. The highest BCUT2D eigenvalue weighted by atomic mass is 35.5. The van der Waals surface area contributed by atoms with Crippen molar-refractivity contribution in [3.63, 3.8) is 0 Å². The summed E-state index contributed by atoms with van der Waals surface area (Å²) in [5.74, 6) is -0.0286. The van der Waals surface area contributed by atoms with Crippen LogP contribution >= 0.6 is 23.4 Å². The first-order valence-corrected chi connectivity index (χ1v) is 9.79.